The lowest BCUT2D eigenvalue weighted by Gasteiger charge is -2.13. The van der Waals surface area contributed by atoms with Gasteiger partial charge >= 0.3 is 5.97 Å². The molecule has 1 N–H and O–H groups in total. The molecule has 0 heterocycles. The molecule has 0 atom stereocenters. The molecule has 0 spiro atoms. The Hall–Kier alpha value is -2.81. The molecule has 0 bridgehead atoms. The van der Waals surface area contributed by atoms with Crippen LogP contribution in [-0.2, 0) is 17.6 Å². The van der Waals surface area contributed by atoms with Gasteiger partial charge in [-0.3, -0.25) is 4.79 Å². The van der Waals surface area contributed by atoms with Gasteiger partial charge in [-0.1, -0.05) is 24.3 Å². The first-order chi connectivity index (χ1) is 11.0. The van der Waals surface area contributed by atoms with E-state index < -0.39 is 0 Å². The number of phenols is 1. The number of carbonyl (C=O) groups is 1. The first-order valence-corrected chi connectivity index (χ1v) is 7.40. The molecule has 0 radical (unpaired) electrons. The Bertz CT molecular complexity index is 745. The van der Waals surface area contributed by atoms with Gasteiger partial charge in [0, 0.05) is 12.5 Å². The first-order valence-electron chi connectivity index (χ1n) is 7.40. The van der Waals surface area contributed by atoms with E-state index in [1.807, 2.05) is 30.3 Å². The summed E-state index contributed by atoms with van der Waals surface area (Å²) >= 11 is 0. The Balaban J connectivity index is 2.56. The van der Waals surface area contributed by atoms with Crippen LogP contribution in [0.4, 0.5) is 0 Å². The average Bonchev–Trinajstić information content (AvgIpc) is 2.51. The highest BCUT2D eigenvalue weighted by Crippen LogP contribution is 2.34. The van der Waals surface area contributed by atoms with E-state index in [0.29, 0.717) is 12.2 Å². The molecule has 2 aromatic carbocycles. The molecule has 0 unspecified atom stereocenters. The molecule has 0 amide bonds. The van der Waals surface area contributed by atoms with E-state index in [4.69, 9.17) is 4.74 Å². The number of aromatic hydroxyl groups is 1. The number of allylic oxidation sites excluding steroid dienone is 2. The van der Waals surface area contributed by atoms with E-state index in [9.17, 15) is 9.90 Å². The lowest BCUT2D eigenvalue weighted by atomic mass is 9.97. The van der Waals surface area contributed by atoms with Gasteiger partial charge in [-0.25, -0.2) is 0 Å². The Labute approximate surface area is 136 Å². The predicted molar refractivity (Wildman–Crippen MR) is 92.7 cm³/mol. The van der Waals surface area contributed by atoms with E-state index in [1.54, 1.807) is 18.2 Å². The molecule has 0 aliphatic heterocycles. The van der Waals surface area contributed by atoms with Crippen molar-refractivity contribution in [1.29, 1.82) is 0 Å². The number of hydrogen-bond donors (Lipinski definition) is 1. The largest absolute Gasteiger partial charge is 0.508 e. The number of carbonyl (C=O) groups excluding carboxylic acids is 1. The van der Waals surface area contributed by atoms with Crippen molar-refractivity contribution in [3.8, 4) is 22.6 Å². The van der Waals surface area contributed by atoms with Crippen molar-refractivity contribution >= 4 is 5.97 Å². The lowest BCUT2D eigenvalue weighted by molar-refractivity contribution is -0.131. The van der Waals surface area contributed by atoms with Crippen LogP contribution < -0.4 is 4.74 Å². The predicted octanol–water partition coefficient (Wildman–Crippen LogP) is 4.44. The second kappa shape index (κ2) is 7.45. The summed E-state index contributed by atoms with van der Waals surface area (Å²) in [6, 6.07) is 11.0. The minimum atomic E-state index is -0.368. The van der Waals surface area contributed by atoms with Gasteiger partial charge in [0.1, 0.15) is 11.5 Å². The Kier molecular flexibility index (Phi) is 5.36. The van der Waals surface area contributed by atoms with Gasteiger partial charge < -0.3 is 9.84 Å². The van der Waals surface area contributed by atoms with Crippen LogP contribution in [0.25, 0.3) is 11.1 Å². The number of rotatable bonds is 6. The highest BCUT2D eigenvalue weighted by atomic mass is 16.5. The van der Waals surface area contributed by atoms with Crippen LogP contribution in [0.3, 0.4) is 0 Å². The zero-order valence-electron chi connectivity index (χ0n) is 13.2. The third-order valence-corrected chi connectivity index (χ3v) is 3.43. The molecule has 0 aliphatic carbocycles. The molecule has 3 nitrogen and oxygen atoms in total. The van der Waals surface area contributed by atoms with Crippen LogP contribution in [0.2, 0.25) is 0 Å². The fraction of sp³-hybridized carbons (Fsp3) is 0.150. The number of phenolic OH excluding ortho intramolecular Hbond substituents is 1. The zero-order chi connectivity index (χ0) is 16.8. The van der Waals surface area contributed by atoms with E-state index >= 15 is 0 Å². The topological polar surface area (TPSA) is 46.5 Å². The molecule has 118 valence electrons. The molecule has 0 fully saturated rings. The van der Waals surface area contributed by atoms with Crippen LogP contribution in [-0.4, -0.2) is 11.1 Å². The van der Waals surface area contributed by atoms with Crippen molar-refractivity contribution in [3.05, 3.63) is 72.8 Å². The Morgan fingerprint density at radius 3 is 2.52 bits per heavy atom. The van der Waals surface area contributed by atoms with Crippen molar-refractivity contribution < 1.29 is 14.6 Å². The second-order valence-corrected chi connectivity index (χ2v) is 5.25. The number of esters is 1. The van der Waals surface area contributed by atoms with Crippen molar-refractivity contribution in [3.63, 3.8) is 0 Å². The molecule has 3 heteroatoms. The van der Waals surface area contributed by atoms with Crippen LogP contribution in [0, 0.1) is 0 Å². The van der Waals surface area contributed by atoms with E-state index in [1.165, 1.54) is 6.92 Å². The minimum Gasteiger partial charge on any atom is -0.508 e. The summed E-state index contributed by atoms with van der Waals surface area (Å²) < 4.78 is 5.32. The van der Waals surface area contributed by atoms with Gasteiger partial charge in [0.05, 0.1) is 0 Å². The number of ether oxygens (including phenoxy) is 1. The molecule has 0 saturated carbocycles. The van der Waals surface area contributed by atoms with Gasteiger partial charge in [-0.2, -0.15) is 0 Å². The summed E-state index contributed by atoms with van der Waals surface area (Å²) in [5.41, 5.74) is 3.54. The lowest BCUT2D eigenvalue weighted by Crippen LogP contribution is -2.03. The summed E-state index contributed by atoms with van der Waals surface area (Å²) in [6.45, 7) is 8.83. The maximum atomic E-state index is 11.3. The van der Waals surface area contributed by atoms with Crippen molar-refractivity contribution in [2.75, 3.05) is 0 Å². The monoisotopic (exact) mass is 308 g/mol. The molecule has 0 aromatic heterocycles. The van der Waals surface area contributed by atoms with Crippen LogP contribution in [0.5, 0.6) is 11.5 Å². The van der Waals surface area contributed by atoms with Crippen molar-refractivity contribution in [1.82, 2.24) is 0 Å². The Morgan fingerprint density at radius 1 is 1.13 bits per heavy atom. The van der Waals surface area contributed by atoms with Gasteiger partial charge in [0.15, 0.2) is 0 Å². The number of benzene rings is 2. The summed E-state index contributed by atoms with van der Waals surface area (Å²) in [6.07, 6.45) is 4.85. The molecular formula is C20H20O3. The standard InChI is InChI=1S/C20H20O3/c1-4-6-15-8-11-20(23-14(3)21)18(12-15)16-9-10-19(22)17(13-16)7-5-2/h4-5,8-13,22H,1-2,6-7H2,3H3. The normalized spacial score (nSPS) is 10.1. The van der Waals surface area contributed by atoms with E-state index in [2.05, 4.69) is 13.2 Å². The maximum absolute atomic E-state index is 11.3. The van der Waals surface area contributed by atoms with Gasteiger partial charge in [-0.15, -0.1) is 13.2 Å². The van der Waals surface area contributed by atoms with Gasteiger partial charge in [0.2, 0.25) is 0 Å². The fourth-order valence-electron chi connectivity index (χ4n) is 2.41. The third kappa shape index (κ3) is 4.10. The maximum Gasteiger partial charge on any atom is 0.308 e. The quantitative estimate of drug-likeness (QED) is 0.487. The van der Waals surface area contributed by atoms with Crippen LogP contribution in [0.15, 0.2) is 61.7 Å². The van der Waals surface area contributed by atoms with E-state index in [-0.39, 0.29) is 11.7 Å². The van der Waals surface area contributed by atoms with Crippen LogP contribution >= 0.6 is 0 Å². The molecular weight excluding hydrogens is 288 g/mol. The summed E-state index contributed by atoms with van der Waals surface area (Å²) in [4.78, 5) is 11.3. The SMILES string of the molecule is C=CCc1ccc(OC(C)=O)c(-c2ccc(O)c(CC=C)c2)c1. The molecule has 2 aromatic rings. The summed E-state index contributed by atoms with van der Waals surface area (Å²) in [7, 11) is 0. The Morgan fingerprint density at radius 2 is 1.87 bits per heavy atom. The number of hydrogen-bond acceptors (Lipinski definition) is 3. The van der Waals surface area contributed by atoms with Gasteiger partial charge in [0.25, 0.3) is 0 Å². The van der Waals surface area contributed by atoms with Crippen molar-refractivity contribution in [2.24, 2.45) is 0 Å². The second-order valence-electron chi connectivity index (χ2n) is 5.25. The summed E-state index contributed by atoms with van der Waals surface area (Å²) in [5, 5.41) is 9.92. The smallest absolute Gasteiger partial charge is 0.308 e. The highest BCUT2D eigenvalue weighted by Gasteiger charge is 2.11. The minimum absolute atomic E-state index is 0.227. The van der Waals surface area contributed by atoms with E-state index in [0.717, 1.165) is 28.7 Å². The molecule has 0 aliphatic rings. The van der Waals surface area contributed by atoms with Gasteiger partial charge in [-0.05, 0) is 53.8 Å². The highest BCUT2D eigenvalue weighted by molar-refractivity contribution is 5.77. The molecule has 23 heavy (non-hydrogen) atoms. The third-order valence-electron chi connectivity index (χ3n) is 3.43. The fourth-order valence-corrected chi connectivity index (χ4v) is 2.41. The summed E-state index contributed by atoms with van der Waals surface area (Å²) in [5.74, 6) is 0.360. The molecule has 2 rings (SSSR count). The molecule has 0 saturated heterocycles. The van der Waals surface area contributed by atoms with Crippen LogP contribution in [0.1, 0.15) is 18.1 Å². The first kappa shape index (κ1) is 16.6. The van der Waals surface area contributed by atoms with Crippen molar-refractivity contribution in [2.45, 2.75) is 19.8 Å². The zero-order valence-corrected chi connectivity index (χ0v) is 13.2. The average molecular weight is 308 g/mol.